The summed E-state index contributed by atoms with van der Waals surface area (Å²) in [7, 11) is 1.60. The summed E-state index contributed by atoms with van der Waals surface area (Å²) in [6.07, 6.45) is 1.81. The first-order chi connectivity index (χ1) is 13.2. The van der Waals surface area contributed by atoms with Crippen LogP contribution in [0.3, 0.4) is 0 Å². The van der Waals surface area contributed by atoms with E-state index in [4.69, 9.17) is 21.1 Å². The summed E-state index contributed by atoms with van der Waals surface area (Å²) >= 11 is 5.92. The number of halogens is 1. The third kappa shape index (κ3) is 4.91. The lowest BCUT2D eigenvalue weighted by Crippen LogP contribution is -1.97. The van der Waals surface area contributed by atoms with Crippen LogP contribution in [0, 0.1) is 11.3 Å². The fourth-order valence-electron chi connectivity index (χ4n) is 2.60. The van der Waals surface area contributed by atoms with Gasteiger partial charge in [0.15, 0.2) is 11.5 Å². The van der Waals surface area contributed by atoms with Gasteiger partial charge in [-0.2, -0.15) is 5.26 Å². The van der Waals surface area contributed by atoms with Crippen molar-refractivity contribution in [2.24, 2.45) is 0 Å². The summed E-state index contributed by atoms with van der Waals surface area (Å²) in [4.78, 5) is 0. The minimum absolute atomic E-state index is 0.459. The van der Waals surface area contributed by atoms with E-state index in [1.54, 1.807) is 19.2 Å². The van der Waals surface area contributed by atoms with E-state index in [2.05, 4.69) is 6.07 Å². The fourth-order valence-corrected chi connectivity index (χ4v) is 2.73. The van der Waals surface area contributed by atoms with E-state index < -0.39 is 0 Å². The lowest BCUT2D eigenvalue weighted by molar-refractivity contribution is 0.284. The smallest absolute Gasteiger partial charge is 0.161 e. The molecule has 3 rings (SSSR count). The second kappa shape index (κ2) is 8.93. The molecule has 0 aliphatic carbocycles. The molecule has 3 aromatic rings. The normalized spacial score (nSPS) is 10.9. The molecule has 0 saturated carbocycles. The first kappa shape index (κ1) is 18.6. The largest absolute Gasteiger partial charge is 0.493 e. The molecule has 0 radical (unpaired) electrons. The Kier molecular flexibility index (Phi) is 6.14. The highest BCUT2D eigenvalue weighted by Gasteiger charge is 2.07. The van der Waals surface area contributed by atoms with Crippen LogP contribution in [0.1, 0.15) is 16.7 Å². The summed E-state index contributed by atoms with van der Waals surface area (Å²) in [5, 5.41) is 10.1. The number of allylic oxidation sites excluding steroid dienone is 1. The molecule has 0 spiro atoms. The number of hydrogen-bond donors (Lipinski definition) is 0. The van der Waals surface area contributed by atoms with Crippen molar-refractivity contribution in [2.45, 2.75) is 6.61 Å². The van der Waals surface area contributed by atoms with E-state index >= 15 is 0 Å². The van der Waals surface area contributed by atoms with Crippen LogP contribution in [-0.2, 0) is 6.61 Å². The number of methoxy groups -OCH3 is 1. The van der Waals surface area contributed by atoms with E-state index in [9.17, 15) is 5.26 Å². The van der Waals surface area contributed by atoms with Crippen molar-refractivity contribution in [1.29, 1.82) is 5.26 Å². The molecule has 0 aliphatic rings. The fraction of sp³-hybridized carbons (Fsp3) is 0.0870. The van der Waals surface area contributed by atoms with Gasteiger partial charge in [-0.3, -0.25) is 0 Å². The molecule has 134 valence electrons. The highest BCUT2D eigenvalue weighted by molar-refractivity contribution is 6.30. The van der Waals surface area contributed by atoms with Crippen LogP contribution in [0.5, 0.6) is 11.5 Å². The van der Waals surface area contributed by atoms with Crippen LogP contribution in [0.25, 0.3) is 11.6 Å². The molecular formula is C23H18ClNO2. The number of ether oxygens (including phenoxy) is 2. The minimum atomic E-state index is 0.459. The summed E-state index contributed by atoms with van der Waals surface area (Å²) in [6.45, 7) is 0.459. The van der Waals surface area contributed by atoms with E-state index in [1.807, 2.05) is 66.7 Å². The van der Waals surface area contributed by atoms with Crippen molar-refractivity contribution in [3.8, 4) is 17.6 Å². The monoisotopic (exact) mass is 375 g/mol. The van der Waals surface area contributed by atoms with Gasteiger partial charge < -0.3 is 9.47 Å². The van der Waals surface area contributed by atoms with Crippen LogP contribution in [0.2, 0.25) is 5.02 Å². The zero-order valence-corrected chi connectivity index (χ0v) is 15.6. The van der Waals surface area contributed by atoms with Gasteiger partial charge in [0.1, 0.15) is 6.61 Å². The molecule has 3 aromatic carbocycles. The summed E-state index contributed by atoms with van der Waals surface area (Å²) < 4.78 is 11.3. The third-order valence-electron chi connectivity index (χ3n) is 4.01. The Hall–Kier alpha value is -3.22. The van der Waals surface area contributed by atoms with Crippen LogP contribution in [-0.4, -0.2) is 7.11 Å². The van der Waals surface area contributed by atoms with E-state index in [0.29, 0.717) is 28.7 Å². The van der Waals surface area contributed by atoms with Crippen LogP contribution >= 0.6 is 11.6 Å². The third-order valence-corrected chi connectivity index (χ3v) is 4.26. The van der Waals surface area contributed by atoms with Gasteiger partial charge in [0.05, 0.1) is 18.8 Å². The molecule has 0 unspecified atom stereocenters. The summed E-state index contributed by atoms with van der Waals surface area (Å²) in [5.74, 6) is 1.27. The van der Waals surface area contributed by atoms with Crippen LogP contribution < -0.4 is 9.47 Å². The molecule has 0 saturated heterocycles. The molecule has 0 aliphatic heterocycles. The maximum absolute atomic E-state index is 9.49. The Balaban J connectivity index is 1.82. The number of benzene rings is 3. The van der Waals surface area contributed by atoms with Gasteiger partial charge in [0, 0.05) is 5.02 Å². The van der Waals surface area contributed by atoms with Crippen molar-refractivity contribution in [2.75, 3.05) is 7.11 Å². The lowest BCUT2D eigenvalue weighted by Gasteiger charge is -2.11. The molecule has 0 N–H and O–H groups in total. The molecule has 0 atom stereocenters. The molecule has 4 heteroatoms. The average Bonchev–Trinajstić information content (AvgIpc) is 2.72. The maximum atomic E-state index is 9.49. The molecule has 0 aromatic heterocycles. The molecule has 3 nitrogen and oxygen atoms in total. The van der Waals surface area contributed by atoms with Gasteiger partial charge in [-0.05, 0) is 47.0 Å². The highest BCUT2D eigenvalue weighted by Crippen LogP contribution is 2.30. The second-order valence-electron chi connectivity index (χ2n) is 5.86. The minimum Gasteiger partial charge on any atom is -0.493 e. The highest BCUT2D eigenvalue weighted by atomic mass is 35.5. The molecule has 0 heterocycles. The zero-order valence-electron chi connectivity index (χ0n) is 14.9. The molecular weight excluding hydrogens is 358 g/mol. The number of hydrogen-bond acceptors (Lipinski definition) is 3. The first-order valence-electron chi connectivity index (χ1n) is 8.42. The topological polar surface area (TPSA) is 42.2 Å². The standard InChI is InChI=1S/C23H18ClNO2/c1-26-23-14-18(13-20(15-25)19-8-10-21(24)11-9-19)7-12-22(23)27-16-17-5-3-2-4-6-17/h2-14H,16H2,1H3. The maximum Gasteiger partial charge on any atom is 0.161 e. The van der Waals surface area contributed by atoms with E-state index in [1.165, 1.54) is 0 Å². The van der Waals surface area contributed by atoms with Crippen molar-refractivity contribution in [3.63, 3.8) is 0 Å². The Labute approximate surface area is 164 Å². The predicted octanol–water partition coefficient (Wildman–Crippen LogP) is 5.99. The Bertz CT molecular complexity index is 974. The van der Waals surface area contributed by atoms with E-state index in [-0.39, 0.29) is 0 Å². The van der Waals surface area contributed by atoms with Crippen molar-refractivity contribution >= 4 is 23.3 Å². The van der Waals surface area contributed by atoms with Gasteiger partial charge >= 0.3 is 0 Å². The zero-order chi connectivity index (χ0) is 19.1. The molecule has 0 bridgehead atoms. The number of nitrogens with zero attached hydrogens (tertiary/aromatic N) is 1. The van der Waals surface area contributed by atoms with Gasteiger partial charge in [0.2, 0.25) is 0 Å². The quantitative estimate of drug-likeness (QED) is 0.392. The van der Waals surface area contributed by atoms with Crippen molar-refractivity contribution in [3.05, 3.63) is 94.5 Å². The summed E-state index contributed by atoms with van der Waals surface area (Å²) in [6, 6.07) is 25.0. The van der Waals surface area contributed by atoms with Crippen molar-refractivity contribution in [1.82, 2.24) is 0 Å². The predicted molar refractivity (Wildman–Crippen MR) is 109 cm³/mol. The first-order valence-corrected chi connectivity index (χ1v) is 8.80. The van der Waals surface area contributed by atoms with Gasteiger partial charge in [-0.15, -0.1) is 0 Å². The molecule has 0 fully saturated rings. The van der Waals surface area contributed by atoms with Gasteiger partial charge in [0.25, 0.3) is 0 Å². The lowest BCUT2D eigenvalue weighted by atomic mass is 10.0. The number of rotatable bonds is 6. The van der Waals surface area contributed by atoms with Crippen molar-refractivity contribution < 1.29 is 9.47 Å². The average molecular weight is 376 g/mol. The summed E-state index contributed by atoms with van der Waals surface area (Å²) in [5.41, 5.74) is 3.29. The van der Waals surface area contributed by atoms with Crippen LogP contribution in [0.4, 0.5) is 0 Å². The molecule has 27 heavy (non-hydrogen) atoms. The van der Waals surface area contributed by atoms with Crippen LogP contribution in [0.15, 0.2) is 72.8 Å². The van der Waals surface area contributed by atoms with Gasteiger partial charge in [-0.1, -0.05) is 60.1 Å². The van der Waals surface area contributed by atoms with Gasteiger partial charge in [-0.25, -0.2) is 0 Å². The Morgan fingerprint density at radius 3 is 2.41 bits per heavy atom. The Morgan fingerprint density at radius 1 is 1.00 bits per heavy atom. The second-order valence-corrected chi connectivity index (χ2v) is 6.30. The number of nitriles is 1. The Morgan fingerprint density at radius 2 is 1.74 bits per heavy atom. The SMILES string of the molecule is COc1cc(C=C(C#N)c2ccc(Cl)cc2)ccc1OCc1ccccc1. The van der Waals surface area contributed by atoms with E-state index in [0.717, 1.165) is 16.7 Å². The molecule has 0 amide bonds.